The molecule has 1 aliphatic rings. The Morgan fingerprint density at radius 3 is 2.74 bits per heavy atom. The normalized spacial score (nSPS) is 17.8. The molecule has 2 heterocycles. The molecule has 1 fully saturated rings. The van der Waals surface area contributed by atoms with Gasteiger partial charge in [0, 0.05) is 18.7 Å². The summed E-state index contributed by atoms with van der Waals surface area (Å²) in [6, 6.07) is 5.50. The van der Waals surface area contributed by atoms with E-state index in [0.717, 1.165) is 23.1 Å². The van der Waals surface area contributed by atoms with Crippen LogP contribution in [0, 0.1) is 11.7 Å². The standard InChI is InChI=1S/C16H15FN4O4S2/c1-8(14(24)25)26-16-20-19-15(27-16)18-13(23)9-6-12(22)21(7-9)11-4-2-10(17)3-5-11/h2-5,8-9H,6-7H2,1H3,(H,24,25)(H,18,19,23)/t8-,9+/m0/s1. The smallest absolute Gasteiger partial charge is 0.316 e. The molecule has 3 rings (SSSR count). The molecule has 27 heavy (non-hydrogen) atoms. The van der Waals surface area contributed by atoms with Crippen LogP contribution in [0.2, 0.25) is 0 Å². The Morgan fingerprint density at radius 2 is 2.07 bits per heavy atom. The molecule has 0 unspecified atom stereocenters. The zero-order valence-corrected chi connectivity index (χ0v) is 15.7. The van der Waals surface area contributed by atoms with Crippen LogP contribution in [0.1, 0.15) is 13.3 Å². The highest BCUT2D eigenvalue weighted by Gasteiger charge is 2.35. The second-order valence-corrected chi connectivity index (χ2v) is 8.41. The van der Waals surface area contributed by atoms with Crippen molar-refractivity contribution in [2.45, 2.75) is 22.9 Å². The van der Waals surface area contributed by atoms with Crippen LogP contribution < -0.4 is 10.2 Å². The lowest BCUT2D eigenvalue weighted by Crippen LogP contribution is -2.28. The first-order chi connectivity index (χ1) is 12.8. The molecular weight excluding hydrogens is 395 g/mol. The molecule has 1 saturated heterocycles. The Hall–Kier alpha value is -2.53. The van der Waals surface area contributed by atoms with Gasteiger partial charge in [0.1, 0.15) is 11.1 Å². The SMILES string of the molecule is C[C@H](Sc1nnc(NC(=O)[C@@H]2CC(=O)N(c3ccc(F)cc3)C2)s1)C(=O)O. The molecule has 0 aliphatic carbocycles. The van der Waals surface area contributed by atoms with E-state index < -0.39 is 23.0 Å². The summed E-state index contributed by atoms with van der Waals surface area (Å²) in [7, 11) is 0. The Labute approximate surface area is 161 Å². The molecule has 2 amide bonds. The van der Waals surface area contributed by atoms with Crippen molar-refractivity contribution in [3.63, 3.8) is 0 Å². The molecule has 1 aromatic heterocycles. The number of halogens is 1. The highest BCUT2D eigenvalue weighted by molar-refractivity contribution is 8.02. The van der Waals surface area contributed by atoms with Gasteiger partial charge in [-0.15, -0.1) is 10.2 Å². The number of anilines is 2. The Balaban J connectivity index is 1.60. The monoisotopic (exact) mass is 410 g/mol. The van der Waals surface area contributed by atoms with Gasteiger partial charge in [0.2, 0.25) is 16.9 Å². The zero-order chi connectivity index (χ0) is 19.6. The topological polar surface area (TPSA) is 112 Å². The minimum absolute atomic E-state index is 0.0413. The predicted molar refractivity (Wildman–Crippen MR) is 98.4 cm³/mol. The van der Waals surface area contributed by atoms with Gasteiger partial charge in [0.25, 0.3) is 0 Å². The van der Waals surface area contributed by atoms with Crippen LogP contribution in [0.5, 0.6) is 0 Å². The first kappa shape index (κ1) is 19.2. The Kier molecular flexibility index (Phi) is 5.71. The summed E-state index contributed by atoms with van der Waals surface area (Å²) in [6.07, 6.45) is 0.0413. The summed E-state index contributed by atoms with van der Waals surface area (Å²) in [4.78, 5) is 36.9. The van der Waals surface area contributed by atoms with Crippen molar-refractivity contribution in [3.05, 3.63) is 30.1 Å². The van der Waals surface area contributed by atoms with Crippen LogP contribution >= 0.6 is 23.1 Å². The lowest BCUT2D eigenvalue weighted by molar-refractivity contribution is -0.136. The van der Waals surface area contributed by atoms with Crippen molar-refractivity contribution in [2.75, 3.05) is 16.8 Å². The van der Waals surface area contributed by atoms with Gasteiger partial charge < -0.3 is 15.3 Å². The number of hydrogen-bond acceptors (Lipinski definition) is 7. The van der Waals surface area contributed by atoms with Gasteiger partial charge in [-0.1, -0.05) is 23.1 Å². The quantitative estimate of drug-likeness (QED) is 0.555. The van der Waals surface area contributed by atoms with Crippen LogP contribution in [0.4, 0.5) is 15.2 Å². The predicted octanol–water partition coefficient (Wildman–Crippen LogP) is 2.23. The summed E-state index contributed by atoms with van der Waals surface area (Å²) < 4.78 is 13.5. The number of nitrogens with one attached hydrogen (secondary N) is 1. The minimum atomic E-state index is -0.967. The molecule has 0 saturated carbocycles. The molecule has 8 nitrogen and oxygen atoms in total. The van der Waals surface area contributed by atoms with E-state index in [1.165, 1.54) is 36.1 Å². The lowest BCUT2D eigenvalue weighted by atomic mass is 10.1. The fraction of sp³-hybridized carbons (Fsp3) is 0.312. The minimum Gasteiger partial charge on any atom is -0.480 e. The summed E-state index contributed by atoms with van der Waals surface area (Å²) in [6.45, 7) is 1.72. The van der Waals surface area contributed by atoms with Crippen molar-refractivity contribution in [3.8, 4) is 0 Å². The third-order valence-corrected chi connectivity index (χ3v) is 5.91. The average molecular weight is 410 g/mol. The fourth-order valence-corrected chi connectivity index (χ4v) is 4.30. The molecule has 0 spiro atoms. The van der Waals surface area contributed by atoms with Crippen molar-refractivity contribution in [1.29, 1.82) is 0 Å². The van der Waals surface area contributed by atoms with Crippen molar-refractivity contribution in [2.24, 2.45) is 5.92 Å². The second kappa shape index (κ2) is 8.01. The molecule has 0 bridgehead atoms. The highest BCUT2D eigenvalue weighted by Crippen LogP contribution is 2.30. The second-order valence-electron chi connectivity index (χ2n) is 5.84. The van der Waals surface area contributed by atoms with Gasteiger partial charge >= 0.3 is 5.97 Å². The molecule has 1 aromatic carbocycles. The van der Waals surface area contributed by atoms with Crippen LogP contribution in [-0.4, -0.2) is 44.9 Å². The molecule has 2 N–H and O–H groups in total. The third kappa shape index (κ3) is 4.61. The number of amides is 2. The first-order valence-corrected chi connectivity index (χ1v) is 9.63. The fourth-order valence-electron chi connectivity index (χ4n) is 2.47. The number of benzene rings is 1. The summed E-state index contributed by atoms with van der Waals surface area (Å²) >= 11 is 2.10. The van der Waals surface area contributed by atoms with E-state index in [9.17, 15) is 18.8 Å². The number of carbonyl (C=O) groups excluding carboxylic acids is 2. The van der Waals surface area contributed by atoms with Crippen molar-refractivity contribution in [1.82, 2.24) is 10.2 Å². The van der Waals surface area contributed by atoms with Crippen LogP contribution in [0.25, 0.3) is 0 Å². The van der Waals surface area contributed by atoms with E-state index in [2.05, 4.69) is 15.5 Å². The van der Waals surface area contributed by atoms with Gasteiger partial charge in [0.15, 0.2) is 4.34 Å². The molecule has 11 heteroatoms. The maximum atomic E-state index is 13.0. The summed E-state index contributed by atoms with van der Waals surface area (Å²) in [5.41, 5.74) is 0.536. The van der Waals surface area contributed by atoms with E-state index >= 15 is 0 Å². The molecule has 2 atom stereocenters. The number of thioether (sulfide) groups is 1. The maximum Gasteiger partial charge on any atom is 0.316 e. The first-order valence-electron chi connectivity index (χ1n) is 7.93. The van der Waals surface area contributed by atoms with E-state index in [0.29, 0.717) is 10.0 Å². The van der Waals surface area contributed by atoms with Gasteiger partial charge in [0.05, 0.1) is 5.92 Å². The van der Waals surface area contributed by atoms with E-state index in [1.54, 1.807) is 0 Å². The van der Waals surface area contributed by atoms with Gasteiger partial charge in [-0.2, -0.15) is 0 Å². The molecular formula is C16H15FN4O4S2. The van der Waals surface area contributed by atoms with Crippen molar-refractivity contribution < 1.29 is 23.9 Å². The Bertz CT molecular complexity index is 874. The third-order valence-electron chi connectivity index (χ3n) is 3.90. The van der Waals surface area contributed by atoms with E-state index in [4.69, 9.17) is 5.11 Å². The molecule has 142 valence electrons. The number of carbonyl (C=O) groups is 3. The Morgan fingerprint density at radius 1 is 1.37 bits per heavy atom. The van der Waals surface area contributed by atoms with Crippen LogP contribution in [0.3, 0.4) is 0 Å². The number of hydrogen-bond donors (Lipinski definition) is 2. The van der Waals surface area contributed by atoms with Crippen molar-refractivity contribution >= 4 is 51.7 Å². The van der Waals surface area contributed by atoms with Crippen LogP contribution in [-0.2, 0) is 14.4 Å². The average Bonchev–Trinajstić information content (AvgIpc) is 3.22. The maximum absolute atomic E-state index is 13.0. The number of carboxylic acid groups (broad SMARTS) is 1. The summed E-state index contributed by atoms with van der Waals surface area (Å²) in [5.74, 6) is -2.52. The summed E-state index contributed by atoms with van der Waals surface area (Å²) in [5, 5.41) is 18.8. The highest BCUT2D eigenvalue weighted by atomic mass is 32.2. The van der Waals surface area contributed by atoms with Gasteiger partial charge in [-0.25, -0.2) is 4.39 Å². The number of rotatable bonds is 6. The zero-order valence-electron chi connectivity index (χ0n) is 14.1. The van der Waals surface area contributed by atoms with E-state index in [-0.39, 0.29) is 29.9 Å². The lowest BCUT2D eigenvalue weighted by Gasteiger charge is -2.16. The van der Waals surface area contributed by atoms with Gasteiger partial charge in [-0.05, 0) is 31.2 Å². The largest absolute Gasteiger partial charge is 0.480 e. The molecule has 0 radical (unpaired) electrons. The van der Waals surface area contributed by atoms with E-state index in [1.807, 2.05) is 0 Å². The van der Waals surface area contributed by atoms with Crippen LogP contribution in [0.15, 0.2) is 28.6 Å². The number of aromatic nitrogens is 2. The number of aliphatic carboxylic acids is 1. The van der Waals surface area contributed by atoms with Gasteiger partial charge in [-0.3, -0.25) is 14.4 Å². The molecule has 1 aliphatic heterocycles. The molecule has 2 aromatic rings. The number of nitrogens with zero attached hydrogens (tertiary/aromatic N) is 3. The number of carboxylic acids is 1.